The van der Waals surface area contributed by atoms with Gasteiger partial charge in [-0.2, -0.15) is 0 Å². The highest BCUT2D eigenvalue weighted by molar-refractivity contribution is 7.93. The van der Waals surface area contributed by atoms with Crippen LogP contribution in [0.1, 0.15) is 17.0 Å². The topological polar surface area (TPSA) is 79.6 Å². The summed E-state index contributed by atoms with van der Waals surface area (Å²) >= 11 is 0. The first-order chi connectivity index (χ1) is 12.0. The molecule has 6 nitrogen and oxygen atoms in total. The Morgan fingerprint density at radius 3 is 2.52 bits per heavy atom. The highest BCUT2D eigenvalue weighted by Gasteiger charge is 2.28. The monoisotopic (exact) mass is 356 g/mol. The molecule has 0 saturated carbocycles. The third-order valence-electron chi connectivity index (χ3n) is 4.16. The van der Waals surface area contributed by atoms with E-state index in [4.69, 9.17) is 4.42 Å². The van der Waals surface area contributed by atoms with Gasteiger partial charge in [-0.25, -0.2) is 8.42 Å². The molecule has 1 aromatic heterocycles. The summed E-state index contributed by atoms with van der Waals surface area (Å²) in [4.78, 5) is 12.3. The average Bonchev–Trinajstić information content (AvgIpc) is 3.18. The number of nitrogens with zero attached hydrogens (tertiary/aromatic N) is 1. The van der Waals surface area contributed by atoms with Crippen molar-refractivity contribution in [3.63, 3.8) is 0 Å². The fraction of sp³-hybridized carbons (Fsp3) is 0.167. The Kier molecular flexibility index (Phi) is 3.73. The zero-order valence-corrected chi connectivity index (χ0v) is 14.1. The van der Waals surface area contributed by atoms with Crippen LogP contribution < -0.4 is 9.62 Å². The molecule has 2 aromatic carbocycles. The summed E-state index contributed by atoms with van der Waals surface area (Å²) in [7, 11) is -3.20. The zero-order valence-electron chi connectivity index (χ0n) is 13.3. The molecule has 7 heteroatoms. The molecule has 3 aromatic rings. The summed E-state index contributed by atoms with van der Waals surface area (Å²) in [5.41, 5.74) is 1.84. The first-order valence-electron chi connectivity index (χ1n) is 7.93. The molecule has 1 amide bonds. The maximum Gasteiger partial charge on any atom is 0.291 e. The molecule has 0 spiro atoms. The van der Waals surface area contributed by atoms with E-state index in [9.17, 15) is 13.2 Å². The van der Waals surface area contributed by atoms with Crippen LogP contribution in [0, 0.1) is 0 Å². The summed E-state index contributed by atoms with van der Waals surface area (Å²) in [6.07, 6.45) is 0.632. The number of hydrogen-bond donors (Lipinski definition) is 1. The molecule has 128 valence electrons. The van der Waals surface area contributed by atoms with E-state index in [1.807, 2.05) is 18.2 Å². The third kappa shape index (κ3) is 2.98. The van der Waals surface area contributed by atoms with Crippen LogP contribution in [0.3, 0.4) is 0 Å². The normalized spacial score (nSPS) is 16.2. The fourth-order valence-corrected chi connectivity index (χ4v) is 4.49. The number of benzene rings is 2. The molecule has 1 aliphatic heterocycles. The van der Waals surface area contributed by atoms with Gasteiger partial charge in [0.1, 0.15) is 5.58 Å². The molecule has 1 saturated heterocycles. The molecular weight excluding hydrogens is 340 g/mol. The number of hydrogen-bond acceptors (Lipinski definition) is 4. The lowest BCUT2D eigenvalue weighted by Crippen LogP contribution is -2.24. The van der Waals surface area contributed by atoms with Gasteiger partial charge in [-0.3, -0.25) is 9.10 Å². The molecule has 25 heavy (non-hydrogen) atoms. The molecule has 1 aliphatic rings. The number of para-hydroxylation sites is 1. The SMILES string of the molecule is O=C(Nc1ccc(N2CCCS2(=O)=O)cc1)c1cc2ccccc2o1. The Balaban J connectivity index is 1.52. The number of furan rings is 1. The van der Waals surface area contributed by atoms with E-state index < -0.39 is 10.0 Å². The maximum atomic E-state index is 12.3. The van der Waals surface area contributed by atoms with Crippen molar-refractivity contribution in [1.29, 1.82) is 0 Å². The van der Waals surface area contributed by atoms with Crippen molar-refractivity contribution in [3.8, 4) is 0 Å². The molecule has 1 N–H and O–H groups in total. The van der Waals surface area contributed by atoms with Gasteiger partial charge in [0.2, 0.25) is 10.0 Å². The van der Waals surface area contributed by atoms with E-state index in [0.717, 1.165) is 5.39 Å². The van der Waals surface area contributed by atoms with Crippen LogP contribution in [-0.2, 0) is 10.0 Å². The number of fused-ring (bicyclic) bond motifs is 1. The molecular formula is C18H16N2O4S. The van der Waals surface area contributed by atoms with E-state index in [-0.39, 0.29) is 17.4 Å². The van der Waals surface area contributed by atoms with Gasteiger partial charge >= 0.3 is 0 Å². The number of amides is 1. The minimum atomic E-state index is -3.20. The largest absolute Gasteiger partial charge is 0.451 e. The van der Waals surface area contributed by atoms with Crippen molar-refractivity contribution in [1.82, 2.24) is 0 Å². The predicted molar refractivity (Wildman–Crippen MR) is 96.4 cm³/mol. The van der Waals surface area contributed by atoms with Crippen LogP contribution in [0.2, 0.25) is 0 Å². The molecule has 0 radical (unpaired) electrons. The first-order valence-corrected chi connectivity index (χ1v) is 9.54. The average molecular weight is 356 g/mol. The molecule has 4 rings (SSSR count). The van der Waals surface area contributed by atoms with Gasteiger partial charge in [0.15, 0.2) is 5.76 Å². The Morgan fingerprint density at radius 1 is 1.08 bits per heavy atom. The Bertz CT molecular complexity index is 1010. The van der Waals surface area contributed by atoms with Gasteiger partial charge in [0, 0.05) is 17.6 Å². The summed E-state index contributed by atoms with van der Waals surface area (Å²) in [5.74, 6) is 0.0579. The van der Waals surface area contributed by atoms with Crippen molar-refractivity contribution in [2.24, 2.45) is 0 Å². The van der Waals surface area contributed by atoms with Crippen molar-refractivity contribution in [2.75, 3.05) is 21.9 Å². The Hall–Kier alpha value is -2.80. The van der Waals surface area contributed by atoms with Crippen LogP contribution in [0.4, 0.5) is 11.4 Å². The number of carbonyl (C=O) groups is 1. The summed E-state index contributed by atoms with van der Waals surface area (Å²) in [6, 6.07) is 15.8. The molecule has 1 fully saturated rings. The van der Waals surface area contributed by atoms with E-state index in [1.165, 1.54) is 4.31 Å². The van der Waals surface area contributed by atoms with Gasteiger partial charge in [0.05, 0.1) is 11.4 Å². The van der Waals surface area contributed by atoms with Crippen molar-refractivity contribution >= 4 is 38.3 Å². The molecule has 2 heterocycles. The van der Waals surface area contributed by atoms with Gasteiger partial charge in [-0.05, 0) is 42.8 Å². The highest BCUT2D eigenvalue weighted by Crippen LogP contribution is 2.26. The lowest BCUT2D eigenvalue weighted by Gasteiger charge is -2.17. The molecule has 0 atom stereocenters. The quantitative estimate of drug-likeness (QED) is 0.781. The molecule has 0 unspecified atom stereocenters. The number of sulfonamides is 1. The predicted octanol–water partition coefficient (Wildman–Crippen LogP) is 3.23. The van der Waals surface area contributed by atoms with Crippen LogP contribution in [0.5, 0.6) is 0 Å². The van der Waals surface area contributed by atoms with Crippen LogP contribution in [-0.4, -0.2) is 26.6 Å². The van der Waals surface area contributed by atoms with Crippen LogP contribution in [0.15, 0.2) is 59.0 Å². The fourth-order valence-electron chi connectivity index (χ4n) is 2.93. The number of anilines is 2. The van der Waals surface area contributed by atoms with E-state index >= 15 is 0 Å². The summed E-state index contributed by atoms with van der Waals surface area (Å²) in [5, 5.41) is 3.62. The lowest BCUT2D eigenvalue weighted by atomic mass is 10.2. The second-order valence-corrected chi connectivity index (χ2v) is 7.90. The van der Waals surface area contributed by atoms with E-state index in [1.54, 1.807) is 36.4 Å². The summed E-state index contributed by atoms with van der Waals surface area (Å²) < 4.78 is 30.8. The second-order valence-electron chi connectivity index (χ2n) is 5.89. The number of carbonyl (C=O) groups excluding carboxylic acids is 1. The third-order valence-corrected chi connectivity index (χ3v) is 6.03. The van der Waals surface area contributed by atoms with Gasteiger partial charge in [-0.15, -0.1) is 0 Å². The maximum absolute atomic E-state index is 12.3. The van der Waals surface area contributed by atoms with Crippen molar-refractivity contribution in [3.05, 3.63) is 60.4 Å². The second kappa shape index (κ2) is 5.93. The van der Waals surface area contributed by atoms with Crippen molar-refractivity contribution in [2.45, 2.75) is 6.42 Å². The number of rotatable bonds is 3. The lowest BCUT2D eigenvalue weighted by molar-refractivity contribution is 0.0998. The molecule has 0 bridgehead atoms. The highest BCUT2D eigenvalue weighted by atomic mass is 32.2. The minimum absolute atomic E-state index is 0.178. The van der Waals surface area contributed by atoms with Gasteiger partial charge in [0.25, 0.3) is 5.91 Å². The van der Waals surface area contributed by atoms with E-state index in [0.29, 0.717) is 29.9 Å². The van der Waals surface area contributed by atoms with Crippen LogP contribution >= 0.6 is 0 Å². The Labute approximate surface area is 145 Å². The first kappa shape index (κ1) is 15.7. The van der Waals surface area contributed by atoms with E-state index in [2.05, 4.69) is 5.32 Å². The minimum Gasteiger partial charge on any atom is -0.451 e. The number of nitrogens with one attached hydrogen (secondary N) is 1. The van der Waals surface area contributed by atoms with Crippen LogP contribution in [0.25, 0.3) is 11.0 Å². The van der Waals surface area contributed by atoms with Gasteiger partial charge in [-0.1, -0.05) is 18.2 Å². The smallest absolute Gasteiger partial charge is 0.291 e. The Morgan fingerprint density at radius 2 is 1.84 bits per heavy atom. The van der Waals surface area contributed by atoms with Gasteiger partial charge < -0.3 is 9.73 Å². The molecule has 0 aliphatic carbocycles. The van der Waals surface area contributed by atoms with Crippen molar-refractivity contribution < 1.29 is 17.6 Å². The zero-order chi connectivity index (χ0) is 17.4. The summed E-state index contributed by atoms with van der Waals surface area (Å²) in [6.45, 7) is 0.493. The standard InChI is InChI=1S/C18H16N2O4S/c21-18(17-12-13-4-1-2-5-16(13)24-17)19-14-6-8-15(9-7-14)20-10-3-11-25(20,22)23/h1-2,4-9,12H,3,10-11H2,(H,19,21).